The van der Waals surface area contributed by atoms with Crippen molar-refractivity contribution in [2.45, 2.75) is 51.7 Å². The number of nitrogens with one attached hydrogen (secondary N) is 3. The van der Waals surface area contributed by atoms with Crippen LogP contribution in [0.15, 0.2) is 29.3 Å². The maximum absolute atomic E-state index is 11.7. The van der Waals surface area contributed by atoms with E-state index < -0.39 is 0 Å². The fourth-order valence-electron chi connectivity index (χ4n) is 2.52. The quantitative estimate of drug-likeness (QED) is 0.187. The zero-order valence-corrected chi connectivity index (χ0v) is 19.3. The summed E-state index contributed by atoms with van der Waals surface area (Å²) in [6.45, 7) is 5.98. The number of carbonyl (C=O) groups is 1. The van der Waals surface area contributed by atoms with Gasteiger partial charge in [0.25, 0.3) is 0 Å². The Bertz CT molecular complexity index is 623. The normalized spacial score (nSPS) is 14.5. The number of guanidine groups is 1. The van der Waals surface area contributed by atoms with Gasteiger partial charge in [0, 0.05) is 25.6 Å². The van der Waals surface area contributed by atoms with E-state index in [-0.39, 0.29) is 36.0 Å². The highest BCUT2D eigenvalue weighted by molar-refractivity contribution is 14.0. The number of rotatable bonds is 11. The standard InChI is InChI=1S/C20H32N4O3.HI/c1-4-21-20(22-13-7-10-19(25)24-16-11-12-16)23-14-15(2)27-18-9-6-5-8-17(18)26-3;/h5-6,8-9,15-16H,4,7,10-14H2,1-3H3,(H,24,25)(H2,21,22,23);1H. The second-order valence-electron chi connectivity index (χ2n) is 6.67. The Morgan fingerprint density at radius 1 is 1.25 bits per heavy atom. The van der Waals surface area contributed by atoms with Crippen molar-refractivity contribution in [1.82, 2.24) is 16.0 Å². The fraction of sp³-hybridized carbons (Fsp3) is 0.600. The number of carbonyl (C=O) groups excluding carboxylic acids is 1. The Labute approximate surface area is 185 Å². The number of para-hydroxylation sites is 2. The maximum atomic E-state index is 11.7. The van der Waals surface area contributed by atoms with E-state index >= 15 is 0 Å². The number of hydrogen-bond donors (Lipinski definition) is 3. The van der Waals surface area contributed by atoms with E-state index in [1.54, 1.807) is 7.11 Å². The highest BCUT2D eigenvalue weighted by Gasteiger charge is 2.22. The molecule has 0 saturated heterocycles. The Kier molecular flexibility index (Phi) is 11.7. The second kappa shape index (κ2) is 13.5. The maximum Gasteiger partial charge on any atom is 0.220 e. The molecule has 0 bridgehead atoms. The van der Waals surface area contributed by atoms with Gasteiger partial charge < -0.3 is 25.4 Å². The SMILES string of the molecule is CCNC(=NCC(C)Oc1ccccc1OC)NCCCC(=O)NC1CC1.I. The van der Waals surface area contributed by atoms with E-state index in [1.807, 2.05) is 38.1 Å². The van der Waals surface area contributed by atoms with E-state index in [4.69, 9.17) is 9.47 Å². The summed E-state index contributed by atoms with van der Waals surface area (Å²) in [5.41, 5.74) is 0. The lowest BCUT2D eigenvalue weighted by Crippen LogP contribution is -2.39. The summed E-state index contributed by atoms with van der Waals surface area (Å²) < 4.78 is 11.2. The van der Waals surface area contributed by atoms with E-state index in [2.05, 4.69) is 20.9 Å². The van der Waals surface area contributed by atoms with Crippen LogP contribution in [0, 0.1) is 0 Å². The van der Waals surface area contributed by atoms with Gasteiger partial charge in [-0.05, 0) is 45.2 Å². The largest absolute Gasteiger partial charge is 0.493 e. The fourth-order valence-corrected chi connectivity index (χ4v) is 2.52. The first-order chi connectivity index (χ1) is 13.1. The molecule has 7 nitrogen and oxygen atoms in total. The van der Waals surface area contributed by atoms with E-state index in [1.165, 1.54) is 0 Å². The summed E-state index contributed by atoms with van der Waals surface area (Å²) in [7, 11) is 1.63. The van der Waals surface area contributed by atoms with Gasteiger partial charge >= 0.3 is 0 Å². The zero-order valence-electron chi connectivity index (χ0n) is 17.0. The van der Waals surface area contributed by atoms with Gasteiger partial charge in [-0.2, -0.15) is 0 Å². The van der Waals surface area contributed by atoms with Crippen LogP contribution in [0.5, 0.6) is 11.5 Å². The van der Waals surface area contributed by atoms with Crippen LogP contribution in [0.3, 0.4) is 0 Å². The van der Waals surface area contributed by atoms with Gasteiger partial charge in [-0.3, -0.25) is 4.79 Å². The molecule has 0 radical (unpaired) electrons. The van der Waals surface area contributed by atoms with Gasteiger partial charge in [0.05, 0.1) is 13.7 Å². The van der Waals surface area contributed by atoms with Gasteiger partial charge in [-0.1, -0.05) is 12.1 Å². The third kappa shape index (κ3) is 9.48. The van der Waals surface area contributed by atoms with Gasteiger partial charge in [0.15, 0.2) is 17.5 Å². The van der Waals surface area contributed by atoms with Crippen molar-refractivity contribution < 1.29 is 14.3 Å². The van der Waals surface area contributed by atoms with Crippen molar-refractivity contribution in [2.24, 2.45) is 4.99 Å². The molecule has 8 heteroatoms. The van der Waals surface area contributed by atoms with Crippen molar-refractivity contribution >= 4 is 35.8 Å². The van der Waals surface area contributed by atoms with E-state index in [9.17, 15) is 4.79 Å². The molecule has 1 unspecified atom stereocenters. The first kappa shape index (κ1) is 24.3. The molecule has 3 N–H and O–H groups in total. The van der Waals surface area contributed by atoms with Crippen molar-refractivity contribution in [2.75, 3.05) is 26.7 Å². The molecule has 1 saturated carbocycles. The van der Waals surface area contributed by atoms with Gasteiger partial charge in [-0.25, -0.2) is 4.99 Å². The molecule has 1 atom stereocenters. The average Bonchev–Trinajstić information content (AvgIpc) is 3.47. The Morgan fingerprint density at radius 3 is 2.61 bits per heavy atom. The summed E-state index contributed by atoms with van der Waals surface area (Å²) in [6, 6.07) is 8.01. The van der Waals surface area contributed by atoms with Crippen LogP contribution in [0.4, 0.5) is 0 Å². The molecule has 1 aromatic carbocycles. The zero-order chi connectivity index (χ0) is 19.5. The molecule has 1 aliphatic carbocycles. The first-order valence-electron chi connectivity index (χ1n) is 9.73. The number of halogens is 1. The molecule has 1 aliphatic rings. The minimum atomic E-state index is -0.0962. The molecule has 158 valence electrons. The number of hydrogen-bond acceptors (Lipinski definition) is 4. The molecule has 1 fully saturated rings. The minimum absolute atomic E-state index is 0. The average molecular weight is 504 g/mol. The van der Waals surface area contributed by atoms with Crippen LogP contribution in [0.1, 0.15) is 39.5 Å². The predicted octanol–water partition coefficient (Wildman–Crippen LogP) is 2.69. The number of amides is 1. The van der Waals surface area contributed by atoms with Crippen molar-refractivity contribution in [1.29, 1.82) is 0 Å². The van der Waals surface area contributed by atoms with Crippen molar-refractivity contribution in [3.8, 4) is 11.5 Å². The van der Waals surface area contributed by atoms with E-state index in [0.717, 1.165) is 31.8 Å². The van der Waals surface area contributed by atoms with E-state index in [0.29, 0.717) is 37.1 Å². The molecule has 0 heterocycles. The monoisotopic (exact) mass is 504 g/mol. The second-order valence-corrected chi connectivity index (χ2v) is 6.67. The highest BCUT2D eigenvalue weighted by Crippen LogP contribution is 2.26. The lowest BCUT2D eigenvalue weighted by Gasteiger charge is -2.16. The summed E-state index contributed by atoms with van der Waals surface area (Å²) in [5, 5.41) is 9.48. The molecule has 28 heavy (non-hydrogen) atoms. The van der Waals surface area contributed by atoms with Crippen LogP contribution in [-0.4, -0.2) is 50.8 Å². The third-order valence-electron chi connectivity index (χ3n) is 4.06. The lowest BCUT2D eigenvalue weighted by molar-refractivity contribution is -0.121. The van der Waals surface area contributed by atoms with Crippen LogP contribution in [-0.2, 0) is 4.79 Å². The Balaban J connectivity index is 0.00000392. The number of benzene rings is 1. The Hall–Kier alpha value is -1.71. The number of aliphatic imine (C=N–C) groups is 1. The smallest absolute Gasteiger partial charge is 0.220 e. The molecular formula is C20H33IN4O3. The van der Waals surface area contributed by atoms with Crippen LogP contribution in [0.2, 0.25) is 0 Å². The summed E-state index contributed by atoms with van der Waals surface area (Å²) in [4.78, 5) is 16.3. The predicted molar refractivity (Wildman–Crippen MR) is 123 cm³/mol. The summed E-state index contributed by atoms with van der Waals surface area (Å²) in [5.74, 6) is 2.29. The topological polar surface area (TPSA) is 84.0 Å². The molecule has 1 amide bonds. The number of ether oxygens (including phenoxy) is 2. The number of methoxy groups -OCH3 is 1. The van der Waals surface area contributed by atoms with Gasteiger partial charge in [0.1, 0.15) is 6.10 Å². The molecule has 0 spiro atoms. The van der Waals surface area contributed by atoms with Gasteiger partial charge in [-0.15, -0.1) is 24.0 Å². The van der Waals surface area contributed by atoms with Crippen molar-refractivity contribution in [3.05, 3.63) is 24.3 Å². The van der Waals surface area contributed by atoms with Crippen LogP contribution in [0.25, 0.3) is 0 Å². The van der Waals surface area contributed by atoms with Crippen LogP contribution < -0.4 is 25.4 Å². The summed E-state index contributed by atoms with van der Waals surface area (Å²) in [6.07, 6.45) is 3.46. The highest BCUT2D eigenvalue weighted by atomic mass is 127. The van der Waals surface area contributed by atoms with Crippen LogP contribution >= 0.6 is 24.0 Å². The molecular weight excluding hydrogens is 471 g/mol. The lowest BCUT2D eigenvalue weighted by atomic mass is 10.3. The Morgan fingerprint density at radius 2 is 1.96 bits per heavy atom. The third-order valence-corrected chi connectivity index (χ3v) is 4.06. The van der Waals surface area contributed by atoms with Crippen molar-refractivity contribution in [3.63, 3.8) is 0 Å². The summed E-state index contributed by atoms with van der Waals surface area (Å²) >= 11 is 0. The first-order valence-corrected chi connectivity index (χ1v) is 9.73. The minimum Gasteiger partial charge on any atom is -0.493 e. The van der Waals surface area contributed by atoms with Gasteiger partial charge in [0.2, 0.25) is 5.91 Å². The molecule has 1 aromatic rings. The molecule has 0 aliphatic heterocycles. The number of nitrogens with zero attached hydrogens (tertiary/aromatic N) is 1. The molecule has 0 aromatic heterocycles. The molecule has 2 rings (SSSR count).